The highest BCUT2D eigenvalue weighted by Crippen LogP contribution is 2.37. The maximum Gasteiger partial charge on any atom is 0.338 e. The average molecular weight is 598 g/mol. The molecule has 0 radical (unpaired) electrons. The number of benzene rings is 1. The van der Waals surface area contributed by atoms with Crippen LogP contribution in [0.1, 0.15) is 30.0 Å². The van der Waals surface area contributed by atoms with E-state index in [0.29, 0.717) is 45.1 Å². The highest BCUT2D eigenvalue weighted by atomic mass is 79.9. The number of carboxylic acid groups (broad SMARTS) is 1. The SMILES string of the molecule is COC(=O)C1=C(CN2CCSC[C@H]2CC(C)C(=O)O)NC(c2nccs2)=N[C@H]1c1ccc(F)cc1Br. The second-order valence-electron chi connectivity index (χ2n) is 8.57. The second kappa shape index (κ2) is 11.8. The van der Waals surface area contributed by atoms with Gasteiger partial charge in [0.1, 0.15) is 11.9 Å². The highest BCUT2D eigenvalue weighted by Gasteiger charge is 2.36. The van der Waals surface area contributed by atoms with Crippen molar-refractivity contribution in [3.05, 3.63) is 61.9 Å². The predicted molar refractivity (Wildman–Crippen MR) is 142 cm³/mol. The summed E-state index contributed by atoms with van der Waals surface area (Å²) < 4.78 is 19.5. The van der Waals surface area contributed by atoms with Crippen molar-refractivity contribution in [3.8, 4) is 0 Å². The van der Waals surface area contributed by atoms with E-state index >= 15 is 0 Å². The molecule has 192 valence electrons. The molecule has 2 aliphatic rings. The van der Waals surface area contributed by atoms with Gasteiger partial charge in [0.2, 0.25) is 0 Å². The second-order valence-corrected chi connectivity index (χ2v) is 11.5. The fourth-order valence-electron chi connectivity index (χ4n) is 4.29. The quantitative estimate of drug-likeness (QED) is 0.439. The number of carbonyl (C=O) groups is 2. The van der Waals surface area contributed by atoms with E-state index in [4.69, 9.17) is 9.73 Å². The fraction of sp³-hybridized carbons (Fsp3) is 0.417. The Morgan fingerprint density at radius 1 is 1.42 bits per heavy atom. The molecule has 0 saturated carbocycles. The molecule has 3 atom stereocenters. The zero-order chi connectivity index (χ0) is 25.8. The molecule has 1 fully saturated rings. The maximum absolute atomic E-state index is 13.9. The van der Waals surface area contributed by atoms with Crippen LogP contribution in [-0.4, -0.2) is 70.5 Å². The van der Waals surface area contributed by atoms with Crippen LogP contribution in [0.4, 0.5) is 4.39 Å². The Bertz CT molecular complexity index is 1190. The van der Waals surface area contributed by atoms with E-state index in [1.807, 2.05) is 5.38 Å². The standard InChI is InChI=1S/C24H26BrFN4O4S2/c1-13(23(31)32)9-15-12-35-8-6-30(15)11-18-19(24(33)34-2)20(16-4-3-14(26)10-17(16)25)29-21(28-18)22-27-5-7-36-22/h3-5,7,10,13,15,20H,6,8-9,11-12H2,1-2H3,(H,28,29)(H,31,32)/t13?,15-,20+/m1/s1. The Labute approximate surface area is 225 Å². The molecule has 4 rings (SSSR count). The Morgan fingerprint density at radius 3 is 2.89 bits per heavy atom. The Balaban J connectivity index is 1.77. The monoisotopic (exact) mass is 596 g/mol. The lowest BCUT2D eigenvalue weighted by atomic mass is 9.94. The molecule has 0 aliphatic carbocycles. The molecular weight excluding hydrogens is 571 g/mol. The number of aliphatic imine (C=N–C) groups is 1. The molecule has 0 bridgehead atoms. The number of nitrogens with zero attached hydrogens (tertiary/aromatic N) is 3. The number of thiazole rings is 1. The van der Waals surface area contributed by atoms with Crippen LogP contribution in [0.15, 0.2) is 50.5 Å². The third kappa shape index (κ3) is 5.99. The lowest BCUT2D eigenvalue weighted by Crippen LogP contribution is -2.47. The summed E-state index contributed by atoms with van der Waals surface area (Å²) in [5.74, 6) is -0.0418. The van der Waals surface area contributed by atoms with Crippen molar-refractivity contribution in [2.45, 2.75) is 25.4 Å². The van der Waals surface area contributed by atoms with E-state index in [1.165, 1.54) is 30.6 Å². The molecule has 3 heterocycles. The first-order chi connectivity index (χ1) is 17.3. The third-order valence-corrected chi connectivity index (χ3v) is 8.74. The van der Waals surface area contributed by atoms with Gasteiger partial charge in [0, 0.05) is 52.4 Å². The number of thioether (sulfide) groups is 1. The number of methoxy groups -OCH3 is 1. The van der Waals surface area contributed by atoms with Gasteiger partial charge in [0.15, 0.2) is 10.8 Å². The number of rotatable bonds is 8. The van der Waals surface area contributed by atoms with E-state index in [1.54, 1.807) is 30.9 Å². The first-order valence-electron chi connectivity index (χ1n) is 11.3. The summed E-state index contributed by atoms with van der Waals surface area (Å²) in [6.45, 7) is 2.84. The van der Waals surface area contributed by atoms with Gasteiger partial charge in [-0.25, -0.2) is 14.2 Å². The number of hydrogen-bond donors (Lipinski definition) is 2. The molecule has 0 amide bonds. The minimum atomic E-state index is -0.824. The summed E-state index contributed by atoms with van der Waals surface area (Å²) in [4.78, 5) is 36.1. The van der Waals surface area contributed by atoms with Gasteiger partial charge in [-0.05, 0) is 24.1 Å². The topological polar surface area (TPSA) is 104 Å². The van der Waals surface area contributed by atoms with Crippen molar-refractivity contribution >= 4 is 56.8 Å². The van der Waals surface area contributed by atoms with Crippen LogP contribution in [0.3, 0.4) is 0 Å². The van der Waals surface area contributed by atoms with Crippen molar-refractivity contribution in [1.82, 2.24) is 15.2 Å². The number of ether oxygens (including phenoxy) is 1. The normalized spacial score (nSPS) is 21.5. The Hall–Kier alpha value is -2.28. The van der Waals surface area contributed by atoms with Crippen LogP contribution in [0.5, 0.6) is 0 Å². The van der Waals surface area contributed by atoms with Crippen molar-refractivity contribution < 1.29 is 23.8 Å². The summed E-state index contributed by atoms with van der Waals surface area (Å²) in [5.41, 5.74) is 1.56. The molecule has 2 aliphatic heterocycles. The lowest BCUT2D eigenvalue weighted by Gasteiger charge is -2.38. The van der Waals surface area contributed by atoms with Gasteiger partial charge >= 0.3 is 11.9 Å². The number of amidine groups is 1. The van der Waals surface area contributed by atoms with Gasteiger partial charge in [-0.3, -0.25) is 14.7 Å². The average Bonchev–Trinajstić information content (AvgIpc) is 3.39. The van der Waals surface area contributed by atoms with Crippen LogP contribution >= 0.6 is 39.0 Å². The molecule has 1 aromatic carbocycles. The van der Waals surface area contributed by atoms with Crippen molar-refractivity contribution in [1.29, 1.82) is 0 Å². The predicted octanol–water partition coefficient (Wildman–Crippen LogP) is 4.09. The Kier molecular flexibility index (Phi) is 8.81. The fourth-order valence-corrected chi connectivity index (χ4v) is 6.60. The minimum absolute atomic E-state index is 0.0289. The van der Waals surface area contributed by atoms with Gasteiger partial charge in [0.05, 0.1) is 18.6 Å². The summed E-state index contributed by atoms with van der Waals surface area (Å²) in [6, 6.07) is 3.56. The number of carboxylic acids is 1. The maximum atomic E-state index is 13.9. The molecule has 2 N–H and O–H groups in total. The largest absolute Gasteiger partial charge is 0.481 e. The minimum Gasteiger partial charge on any atom is -0.481 e. The Morgan fingerprint density at radius 2 is 2.22 bits per heavy atom. The first-order valence-corrected chi connectivity index (χ1v) is 14.2. The van der Waals surface area contributed by atoms with Crippen LogP contribution in [0, 0.1) is 11.7 Å². The van der Waals surface area contributed by atoms with Gasteiger partial charge in [0.25, 0.3) is 0 Å². The van der Waals surface area contributed by atoms with E-state index in [9.17, 15) is 19.1 Å². The summed E-state index contributed by atoms with van der Waals surface area (Å²) >= 11 is 6.64. The van der Waals surface area contributed by atoms with Crippen LogP contribution in [0.25, 0.3) is 0 Å². The summed E-state index contributed by atoms with van der Waals surface area (Å²) in [7, 11) is 1.32. The number of hydrogen-bond acceptors (Lipinski definition) is 9. The van der Waals surface area contributed by atoms with Crippen LogP contribution < -0.4 is 5.32 Å². The molecule has 12 heteroatoms. The van der Waals surface area contributed by atoms with E-state index in [-0.39, 0.29) is 6.04 Å². The van der Waals surface area contributed by atoms with Crippen molar-refractivity contribution in [3.63, 3.8) is 0 Å². The third-order valence-electron chi connectivity index (χ3n) is 6.18. The molecular formula is C24H26BrFN4O4S2. The lowest BCUT2D eigenvalue weighted by molar-refractivity contribution is -0.141. The van der Waals surface area contributed by atoms with Gasteiger partial charge in [-0.1, -0.05) is 28.9 Å². The van der Waals surface area contributed by atoms with E-state index < -0.39 is 29.7 Å². The number of esters is 1. The smallest absolute Gasteiger partial charge is 0.338 e. The van der Waals surface area contributed by atoms with E-state index in [0.717, 1.165) is 18.1 Å². The molecule has 1 unspecified atom stereocenters. The van der Waals surface area contributed by atoms with Gasteiger partial charge in [-0.15, -0.1) is 11.3 Å². The number of carbonyl (C=O) groups excluding carboxylic acids is 1. The van der Waals surface area contributed by atoms with Crippen molar-refractivity contribution in [2.75, 3.05) is 31.7 Å². The molecule has 1 saturated heterocycles. The summed E-state index contributed by atoms with van der Waals surface area (Å²) in [5, 5.41) is 15.3. The zero-order valence-corrected chi connectivity index (χ0v) is 23.0. The number of nitrogens with one attached hydrogen (secondary N) is 1. The van der Waals surface area contributed by atoms with Crippen LogP contribution in [0.2, 0.25) is 0 Å². The zero-order valence-electron chi connectivity index (χ0n) is 19.7. The van der Waals surface area contributed by atoms with Gasteiger partial charge < -0.3 is 15.2 Å². The number of halogens is 2. The highest BCUT2D eigenvalue weighted by molar-refractivity contribution is 9.10. The molecule has 8 nitrogen and oxygen atoms in total. The molecule has 0 spiro atoms. The summed E-state index contributed by atoms with van der Waals surface area (Å²) in [6.07, 6.45) is 2.18. The number of aliphatic carboxylic acids is 1. The van der Waals surface area contributed by atoms with Gasteiger partial charge in [-0.2, -0.15) is 11.8 Å². The molecule has 36 heavy (non-hydrogen) atoms. The van der Waals surface area contributed by atoms with Crippen molar-refractivity contribution in [2.24, 2.45) is 10.9 Å². The van der Waals surface area contributed by atoms with Crippen LogP contribution in [-0.2, 0) is 14.3 Å². The molecule has 2 aromatic rings. The number of aromatic nitrogens is 1. The van der Waals surface area contributed by atoms with E-state index in [2.05, 4.69) is 31.1 Å². The molecule has 1 aromatic heterocycles. The first kappa shape index (κ1) is 26.8.